The number of hydrogen-bond acceptors (Lipinski definition) is 6. The summed E-state index contributed by atoms with van der Waals surface area (Å²) in [5.41, 5.74) is 1.58. The Balaban J connectivity index is 1.24. The number of carbonyl (C=O) groups excluding carboxylic acids is 2. The van der Waals surface area contributed by atoms with Crippen LogP contribution in [-0.4, -0.2) is 68.7 Å². The number of nitrogens with zero attached hydrogens (tertiary/aromatic N) is 2. The van der Waals surface area contributed by atoms with Crippen molar-refractivity contribution in [1.29, 1.82) is 0 Å². The van der Waals surface area contributed by atoms with Crippen molar-refractivity contribution >= 4 is 11.8 Å². The van der Waals surface area contributed by atoms with Crippen molar-refractivity contribution in [3.05, 3.63) is 34.4 Å². The van der Waals surface area contributed by atoms with Gasteiger partial charge in [-0.1, -0.05) is 6.07 Å². The number of aromatic hydroxyl groups is 1. The van der Waals surface area contributed by atoms with Crippen molar-refractivity contribution in [2.45, 2.75) is 87.5 Å². The fraction of sp³-hybridized carbons (Fsp3) is 0.643. The van der Waals surface area contributed by atoms with E-state index in [0.717, 1.165) is 43.0 Å². The summed E-state index contributed by atoms with van der Waals surface area (Å²) in [5, 5.41) is 23.3. The van der Waals surface area contributed by atoms with Gasteiger partial charge in [-0.25, -0.2) is 0 Å². The number of carbonyl (C=O) groups is 2. The van der Waals surface area contributed by atoms with Crippen LogP contribution >= 0.6 is 0 Å². The molecule has 8 rings (SSSR count). The van der Waals surface area contributed by atoms with Gasteiger partial charge in [-0.15, -0.1) is 0 Å². The van der Waals surface area contributed by atoms with Crippen LogP contribution in [0, 0.1) is 18.8 Å². The molecule has 2 N–H and O–H groups in total. The average Bonchev–Trinajstić information content (AvgIpc) is 3.52. The molecule has 4 fully saturated rings. The molecule has 2 amide bonds. The number of hydrogen-bond donors (Lipinski definition) is 2. The quantitative estimate of drug-likeness (QED) is 0.652. The topological polar surface area (TPSA) is 90.3 Å². The number of phenols is 1. The number of aryl methyl sites for hydroxylation is 1. The zero-order chi connectivity index (χ0) is 23.9. The van der Waals surface area contributed by atoms with E-state index in [1.165, 1.54) is 17.7 Å². The third kappa shape index (κ3) is 2.23. The first-order chi connectivity index (χ1) is 16.9. The molecule has 1 saturated heterocycles. The summed E-state index contributed by atoms with van der Waals surface area (Å²) in [7, 11) is 0. The van der Waals surface area contributed by atoms with Crippen LogP contribution in [0.1, 0.15) is 62.5 Å². The fourth-order valence-electron chi connectivity index (χ4n) is 9.01. The van der Waals surface area contributed by atoms with Crippen LogP contribution in [0.5, 0.6) is 11.5 Å². The van der Waals surface area contributed by atoms with Crippen molar-refractivity contribution in [2.75, 3.05) is 13.1 Å². The summed E-state index contributed by atoms with van der Waals surface area (Å²) >= 11 is 0. The highest BCUT2D eigenvalue weighted by Gasteiger charge is 2.85. The average molecular weight is 477 g/mol. The Hall–Kier alpha value is -2.38. The lowest BCUT2D eigenvalue weighted by Gasteiger charge is -2.78. The first-order valence-electron chi connectivity index (χ1n) is 13.4. The van der Waals surface area contributed by atoms with Crippen LogP contribution in [0.4, 0.5) is 0 Å². The molecule has 3 saturated carbocycles. The summed E-state index contributed by atoms with van der Waals surface area (Å²) in [4.78, 5) is 31.0. The summed E-state index contributed by atoms with van der Waals surface area (Å²) < 4.78 is 6.58. The molecular formula is C28H32N2O5. The van der Waals surface area contributed by atoms with Crippen LogP contribution < -0.4 is 4.74 Å². The van der Waals surface area contributed by atoms with Crippen molar-refractivity contribution in [2.24, 2.45) is 11.8 Å². The molecule has 0 radical (unpaired) electrons. The molecule has 3 heterocycles. The third-order valence-corrected chi connectivity index (χ3v) is 10.6. The minimum absolute atomic E-state index is 0.0737. The highest BCUT2D eigenvalue weighted by Crippen LogP contribution is 2.74. The van der Waals surface area contributed by atoms with E-state index < -0.39 is 23.2 Å². The Morgan fingerprint density at radius 3 is 2.49 bits per heavy atom. The molecule has 35 heavy (non-hydrogen) atoms. The number of amides is 2. The molecule has 7 heteroatoms. The standard InChI is InChI=1S/C28H32N2O5/c1-14-6-9-20(31)22-21(14)28-18-13-29(12-15-7-8-15)23(18)27(28,34)11-10-19(24(28)35-22)30-25(32)16-4-2-3-5-17(16)26(30)33/h6,9,15,18-19,23-24,31,34H,2-5,7-8,10-13H2,1H3/t18?,19-,23-,24+,27-,28+/m1/s1. The van der Waals surface area contributed by atoms with Crippen LogP contribution in [0.2, 0.25) is 0 Å². The second-order valence-electron chi connectivity index (χ2n) is 12.1. The van der Waals surface area contributed by atoms with E-state index in [0.29, 0.717) is 42.6 Å². The van der Waals surface area contributed by atoms with Gasteiger partial charge in [0.05, 0.1) is 17.1 Å². The normalized spacial score (nSPS) is 41.4. The summed E-state index contributed by atoms with van der Waals surface area (Å²) in [6.45, 7) is 3.95. The molecule has 4 aliphatic carbocycles. The second-order valence-corrected chi connectivity index (χ2v) is 12.1. The maximum Gasteiger partial charge on any atom is 0.257 e. The van der Waals surface area contributed by atoms with Crippen LogP contribution in [0.25, 0.3) is 0 Å². The van der Waals surface area contributed by atoms with Crippen molar-refractivity contribution < 1.29 is 24.5 Å². The van der Waals surface area contributed by atoms with Gasteiger partial charge in [-0.05, 0) is 75.8 Å². The SMILES string of the molecule is Cc1ccc(O)c2c1[C@]13C4CN(CC5CC5)[C@H]4[C@]1(O)CC[C@@H](N1C(=O)C4=C(CCCC4)C1=O)[C@@H]3O2. The minimum atomic E-state index is -0.991. The van der Waals surface area contributed by atoms with E-state index in [-0.39, 0.29) is 29.5 Å². The van der Waals surface area contributed by atoms with Gasteiger partial charge >= 0.3 is 0 Å². The Labute approximate surface area is 204 Å². The Kier molecular flexibility index (Phi) is 3.85. The lowest BCUT2D eigenvalue weighted by Crippen LogP contribution is -2.92. The predicted octanol–water partition coefficient (Wildman–Crippen LogP) is 2.56. The largest absolute Gasteiger partial charge is 0.504 e. The minimum Gasteiger partial charge on any atom is -0.504 e. The zero-order valence-electron chi connectivity index (χ0n) is 20.1. The van der Waals surface area contributed by atoms with Gasteiger partial charge in [0.2, 0.25) is 0 Å². The number of imide groups is 1. The van der Waals surface area contributed by atoms with E-state index in [1.807, 2.05) is 13.0 Å². The number of ether oxygens (including phenoxy) is 1. The Morgan fingerprint density at radius 2 is 1.80 bits per heavy atom. The number of phenolic OH excluding ortho intramolecular Hbond substituents is 1. The van der Waals surface area contributed by atoms with Gasteiger partial charge in [0.25, 0.3) is 11.8 Å². The van der Waals surface area contributed by atoms with Gasteiger partial charge in [0.1, 0.15) is 6.10 Å². The zero-order valence-corrected chi connectivity index (χ0v) is 20.1. The van der Waals surface area contributed by atoms with Gasteiger partial charge in [-0.3, -0.25) is 19.4 Å². The summed E-state index contributed by atoms with van der Waals surface area (Å²) in [6.07, 6.45) is 6.29. The first-order valence-corrected chi connectivity index (χ1v) is 13.4. The predicted molar refractivity (Wildman–Crippen MR) is 126 cm³/mol. The number of fused-ring (bicyclic) bond motifs is 3. The number of likely N-dealkylation sites (tertiary alicyclic amines) is 1. The molecule has 6 atom stereocenters. The molecule has 7 aliphatic rings. The van der Waals surface area contributed by atoms with Gasteiger partial charge < -0.3 is 14.9 Å². The number of piperidine rings is 1. The van der Waals surface area contributed by atoms with E-state index in [9.17, 15) is 19.8 Å². The van der Waals surface area contributed by atoms with Crippen molar-refractivity contribution in [3.8, 4) is 11.5 Å². The van der Waals surface area contributed by atoms with Crippen molar-refractivity contribution in [1.82, 2.24) is 9.80 Å². The maximum absolute atomic E-state index is 13.5. The first kappa shape index (κ1) is 20.8. The Bertz CT molecular complexity index is 1210. The molecule has 0 aromatic heterocycles. The smallest absolute Gasteiger partial charge is 0.257 e. The number of rotatable bonds is 3. The molecule has 3 aliphatic heterocycles. The third-order valence-electron chi connectivity index (χ3n) is 10.6. The molecule has 1 unspecified atom stereocenters. The van der Waals surface area contributed by atoms with Gasteiger partial charge in [0.15, 0.2) is 11.5 Å². The second kappa shape index (κ2) is 6.48. The number of benzene rings is 1. The maximum atomic E-state index is 13.5. The molecule has 1 aromatic rings. The number of aliphatic hydroxyl groups is 1. The van der Waals surface area contributed by atoms with Crippen LogP contribution in [0.3, 0.4) is 0 Å². The van der Waals surface area contributed by atoms with Gasteiger partial charge in [-0.2, -0.15) is 0 Å². The molecule has 7 nitrogen and oxygen atoms in total. The molecule has 184 valence electrons. The van der Waals surface area contributed by atoms with Crippen molar-refractivity contribution in [3.63, 3.8) is 0 Å². The highest BCUT2D eigenvalue weighted by atomic mass is 16.5. The summed E-state index contributed by atoms with van der Waals surface area (Å²) in [5.74, 6) is 1.14. The van der Waals surface area contributed by atoms with E-state index >= 15 is 0 Å². The highest BCUT2D eigenvalue weighted by molar-refractivity contribution is 6.19. The lowest BCUT2D eigenvalue weighted by atomic mass is 9.35. The van der Waals surface area contributed by atoms with E-state index in [1.54, 1.807) is 6.07 Å². The van der Waals surface area contributed by atoms with E-state index in [4.69, 9.17) is 4.74 Å². The van der Waals surface area contributed by atoms with Crippen LogP contribution in [0.15, 0.2) is 23.3 Å². The molecular weight excluding hydrogens is 444 g/mol. The Morgan fingerprint density at radius 1 is 1.09 bits per heavy atom. The van der Waals surface area contributed by atoms with Gasteiger partial charge in [0, 0.05) is 41.8 Å². The fourth-order valence-corrected chi connectivity index (χ4v) is 9.01. The molecule has 1 aromatic carbocycles. The molecule has 1 spiro atoms. The van der Waals surface area contributed by atoms with E-state index in [2.05, 4.69) is 4.90 Å². The monoisotopic (exact) mass is 476 g/mol. The lowest BCUT2D eigenvalue weighted by molar-refractivity contribution is -0.321. The van der Waals surface area contributed by atoms with Crippen LogP contribution in [-0.2, 0) is 15.0 Å². The summed E-state index contributed by atoms with van der Waals surface area (Å²) in [6, 6.07) is 3.20. The molecule has 0 bridgehead atoms.